The van der Waals surface area contributed by atoms with Crippen molar-refractivity contribution in [2.75, 3.05) is 13.7 Å². The van der Waals surface area contributed by atoms with Crippen LogP contribution >= 0.6 is 11.8 Å². The number of nitrogens with zero attached hydrogens (tertiary/aromatic N) is 1. The summed E-state index contributed by atoms with van der Waals surface area (Å²) in [5.41, 5.74) is 1.08. The van der Waals surface area contributed by atoms with E-state index in [9.17, 15) is 22.8 Å². The zero-order chi connectivity index (χ0) is 25.0. The molecule has 34 heavy (non-hydrogen) atoms. The summed E-state index contributed by atoms with van der Waals surface area (Å²) in [5.74, 6) is -1.44. The molecule has 0 atom stereocenters. The molecule has 0 aliphatic carbocycles. The molecule has 0 spiro atoms. The van der Waals surface area contributed by atoms with E-state index in [4.69, 9.17) is 13.7 Å². The summed E-state index contributed by atoms with van der Waals surface area (Å²) in [5, 5.41) is -0.644. The summed E-state index contributed by atoms with van der Waals surface area (Å²) in [4.78, 5) is 37.7. The Balaban J connectivity index is 1.94. The van der Waals surface area contributed by atoms with Gasteiger partial charge in [-0.25, -0.2) is 0 Å². The second-order valence-electron chi connectivity index (χ2n) is 7.54. The van der Waals surface area contributed by atoms with Crippen LogP contribution in [0, 0.1) is 6.92 Å². The van der Waals surface area contributed by atoms with Crippen LogP contribution in [0.25, 0.3) is 6.08 Å². The van der Waals surface area contributed by atoms with Crippen LogP contribution in [0.2, 0.25) is 0 Å². The number of benzene rings is 2. The van der Waals surface area contributed by atoms with Crippen molar-refractivity contribution in [2.24, 2.45) is 0 Å². The molecule has 0 radical (unpaired) electrons. The fourth-order valence-corrected chi connectivity index (χ4v) is 4.76. The highest BCUT2D eigenvalue weighted by molar-refractivity contribution is 8.18. The van der Waals surface area contributed by atoms with E-state index in [1.165, 1.54) is 37.5 Å². The minimum Gasteiger partial charge on any atom is -0.493 e. The van der Waals surface area contributed by atoms with Crippen LogP contribution in [0.3, 0.4) is 0 Å². The molecule has 9 nitrogen and oxygen atoms in total. The molecule has 1 aliphatic rings. The van der Waals surface area contributed by atoms with E-state index in [0.717, 1.165) is 10.5 Å². The van der Waals surface area contributed by atoms with E-state index >= 15 is 0 Å². The largest absolute Gasteiger partial charge is 0.493 e. The summed E-state index contributed by atoms with van der Waals surface area (Å²) in [7, 11) is -2.87. The zero-order valence-corrected chi connectivity index (χ0v) is 20.6. The number of hydrogen-bond acceptors (Lipinski definition) is 9. The Kier molecular flexibility index (Phi) is 7.68. The van der Waals surface area contributed by atoms with Gasteiger partial charge in [0.1, 0.15) is 11.4 Å². The number of aryl methyl sites for hydroxylation is 1. The van der Waals surface area contributed by atoms with Gasteiger partial charge in [0.25, 0.3) is 11.1 Å². The lowest BCUT2D eigenvalue weighted by molar-refractivity contribution is -0.149. The monoisotopic (exact) mass is 505 g/mol. The number of carbonyl (C=O) groups is 3. The number of imide groups is 1. The van der Waals surface area contributed by atoms with Gasteiger partial charge in [0.05, 0.1) is 18.1 Å². The molecule has 2 aromatic rings. The van der Waals surface area contributed by atoms with Crippen molar-refractivity contribution in [3.8, 4) is 11.5 Å². The maximum absolute atomic E-state index is 12.9. The summed E-state index contributed by atoms with van der Waals surface area (Å²) >= 11 is 0.621. The molecular weight excluding hydrogens is 482 g/mol. The molecule has 0 N–H and O–H groups in total. The van der Waals surface area contributed by atoms with Crippen molar-refractivity contribution in [1.29, 1.82) is 0 Å². The van der Waals surface area contributed by atoms with Crippen molar-refractivity contribution in [1.82, 2.24) is 4.90 Å². The number of para-hydroxylation sites is 1. The van der Waals surface area contributed by atoms with Crippen LogP contribution in [0.5, 0.6) is 11.5 Å². The zero-order valence-electron chi connectivity index (χ0n) is 18.9. The first-order valence-corrected chi connectivity index (χ1v) is 12.4. The summed E-state index contributed by atoms with van der Waals surface area (Å²) in [6, 6.07) is 10.7. The molecule has 0 unspecified atom stereocenters. The summed E-state index contributed by atoms with van der Waals surface area (Å²) in [6.07, 6.45) is 0.927. The number of amides is 2. The fourth-order valence-electron chi connectivity index (χ4n) is 2.97. The highest BCUT2D eigenvalue weighted by Gasteiger charge is 2.37. The Morgan fingerprint density at radius 3 is 2.41 bits per heavy atom. The van der Waals surface area contributed by atoms with E-state index in [2.05, 4.69) is 0 Å². The van der Waals surface area contributed by atoms with E-state index < -0.39 is 39.9 Å². The van der Waals surface area contributed by atoms with Crippen LogP contribution in [0.15, 0.2) is 52.3 Å². The van der Waals surface area contributed by atoms with Crippen molar-refractivity contribution in [3.05, 3.63) is 58.5 Å². The van der Waals surface area contributed by atoms with Crippen LogP contribution in [-0.4, -0.2) is 50.2 Å². The first-order valence-electron chi connectivity index (χ1n) is 10.1. The Labute approximate surface area is 201 Å². The lowest BCUT2D eigenvalue weighted by atomic mass is 10.1. The predicted molar refractivity (Wildman–Crippen MR) is 126 cm³/mol. The number of esters is 1. The molecule has 1 fully saturated rings. The number of rotatable bonds is 8. The highest BCUT2D eigenvalue weighted by Crippen LogP contribution is 2.38. The lowest BCUT2D eigenvalue weighted by Crippen LogP contribution is -2.35. The predicted octanol–water partition coefficient (Wildman–Crippen LogP) is 3.76. The van der Waals surface area contributed by atoms with Crippen molar-refractivity contribution in [3.63, 3.8) is 0 Å². The standard InChI is InChI=1S/C23H23NO8S2/c1-14(2)31-20(25)13-24-22(26)19(33-23(24)27)12-16-6-5-7-18(30-4)21(16)32-34(28,29)17-10-8-15(3)9-11-17/h5-12,14H,13H2,1-4H3/b19-12-. The third-order valence-electron chi connectivity index (χ3n) is 4.55. The van der Waals surface area contributed by atoms with Gasteiger partial charge in [0.15, 0.2) is 11.5 Å². The third kappa shape index (κ3) is 5.78. The van der Waals surface area contributed by atoms with Crippen molar-refractivity contribution in [2.45, 2.75) is 31.8 Å². The Bertz CT molecular complexity index is 1250. The van der Waals surface area contributed by atoms with Gasteiger partial charge in [-0.3, -0.25) is 19.3 Å². The number of carbonyl (C=O) groups excluding carboxylic acids is 3. The summed E-state index contributed by atoms with van der Waals surface area (Å²) < 4.78 is 41.4. The van der Waals surface area contributed by atoms with Crippen LogP contribution in [0.1, 0.15) is 25.0 Å². The molecule has 2 aromatic carbocycles. The fraction of sp³-hybridized carbons (Fsp3) is 0.261. The molecular formula is C23H23NO8S2. The van der Waals surface area contributed by atoms with Gasteiger partial charge >= 0.3 is 16.1 Å². The van der Waals surface area contributed by atoms with Gasteiger partial charge in [-0.1, -0.05) is 29.8 Å². The van der Waals surface area contributed by atoms with Crippen LogP contribution in [-0.2, 0) is 24.4 Å². The molecule has 3 rings (SSSR count). The molecule has 2 amide bonds. The van der Waals surface area contributed by atoms with Crippen LogP contribution in [0.4, 0.5) is 4.79 Å². The van der Waals surface area contributed by atoms with Gasteiger partial charge < -0.3 is 13.7 Å². The maximum atomic E-state index is 12.9. The van der Waals surface area contributed by atoms with Crippen LogP contribution < -0.4 is 8.92 Å². The number of thioether (sulfide) groups is 1. The normalized spacial score (nSPS) is 15.2. The lowest BCUT2D eigenvalue weighted by Gasteiger charge is -2.14. The smallest absolute Gasteiger partial charge is 0.339 e. The first kappa shape index (κ1) is 25.3. The van der Waals surface area contributed by atoms with E-state index in [-0.39, 0.29) is 26.9 Å². The van der Waals surface area contributed by atoms with Crippen molar-refractivity contribution >= 4 is 45.1 Å². The SMILES string of the molecule is COc1cccc(/C=C2\SC(=O)N(CC(=O)OC(C)C)C2=O)c1OS(=O)(=O)c1ccc(C)cc1. The molecule has 11 heteroatoms. The number of ether oxygens (including phenoxy) is 2. The molecule has 0 saturated carbocycles. The minimum atomic E-state index is -4.22. The maximum Gasteiger partial charge on any atom is 0.339 e. The average Bonchev–Trinajstić information content (AvgIpc) is 3.01. The van der Waals surface area contributed by atoms with E-state index in [0.29, 0.717) is 11.8 Å². The molecule has 180 valence electrons. The van der Waals surface area contributed by atoms with Gasteiger partial charge in [-0.15, -0.1) is 0 Å². The quantitative estimate of drug-likeness (QED) is 0.300. The molecule has 0 aromatic heterocycles. The van der Waals surface area contributed by atoms with Gasteiger partial charge in [0.2, 0.25) is 0 Å². The van der Waals surface area contributed by atoms with Gasteiger partial charge in [0, 0.05) is 5.56 Å². The molecule has 1 aliphatic heterocycles. The van der Waals surface area contributed by atoms with Crippen molar-refractivity contribution < 1.29 is 36.5 Å². The molecule has 1 saturated heterocycles. The Morgan fingerprint density at radius 1 is 1.12 bits per heavy atom. The minimum absolute atomic E-state index is 0.00631. The van der Waals surface area contributed by atoms with Gasteiger partial charge in [-0.2, -0.15) is 8.42 Å². The molecule has 0 bridgehead atoms. The topological polar surface area (TPSA) is 116 Å². The number of hydrogen-bond donors (Lipinski definition) is 0. The first-order chi connectivity index (χ1) is 16.0. The Hall–Kier alpha value is -3.31. The summed E-state index contributed by atoms with van der Waals surface area (Å²) in [6.45, 7) is 4.61. The second kappa shape index (κ2) is 10.3. The van der Waals surface area contributed by atoms with Gasteiger partial charge in [-0.05, 0) is 56.8 Å². The highest BCUT2D eigenvalue weighted by atomic mass is 32.2. The third-order valence-corrected chi connectivity index (χ3v) is 6.69. The van der Waals surface area contributed by atoms with E-state index in [1.807, 2.05) is 6.92 Å². The second-order valence-corrected chi connectivity index (χ2v) is 10.1. The van der Waals surface area contributed by atoms with E-state index in [1.54, 1.807) is 32.0 Å². The molecule has 1 heterocycles. The number of methoxy groups -OCH3 is 1. The Morgan fingerprint density at radius 2 is 1.79 bits per heavy atom. The average molecular weight is 506 g/mol.